The molecule has 0 aliphatic rings. The van der Waals surface area contributed by atoms with Gasteiger partial charge < -0.3 is 5.32 Å². The molecule has 0 aliphatic heterocycles. The summed E-state index contributed by atoms with van der Waals surface area (Å²) in [4.78, 5) is 24.6. The zero-order valence-corrected chi connectivity index (χ0v) is 13.7. The van der Waals surface area contributed by atoms with Crippen LogP contribution in [0, 0.1) is 0 Å². The molecule has 0 saturated carbocycles. The monoisotopic (exact) mass is 336 g/mol. The number of para-hydroxylation sites is 1. The van der Waals surface area contributed by atoms with Crippen molar-refractivity contribution in [3.05, 3.63) is 72.8 Å². The Bertz CT molecular complexity index is 865. The molecule has 0 atom stereocenters. The van der Waals surface area contributed by atoms with Crippen molar-refractivity contribution in [3.8, 4) is 0 Å². The number of imide groups is 1. The maximum Gasteiger partial charge on any atom is 0.325 e. The van der Waals surface area contributed by atoms with E-state index in [4.69, 9.17) is 0 Å². The van der Waals surface area contributed by atoms with E-state index in [0.717, 1.165) is 15.7 Å². The minimum atomic E-state index is -0.523. The molecule has 0 radical (unpaired) electrons. The largest absolute Gasteiger partial charge is 0.325 e. The van der Waals surface area contributed by atoms with Crippen LogP contribution in [0.1, 0.15) is 0 Å². The number of carbonyl (C=O) groups is 2. The molecular formula is C19H16N2O2S. The van der Waals surface area contributed by atoms with Crippen molar-refractivity contribution in [2.45, 2.75) is 4.90 Å². The highest BCUT2D eigenvalue weighted by molar-refractivity contribution is 8.00. The summed E-state index contributed by atoms with van der Waals surface area (Å²) < 4.78 is 0. The predicted octanol–water partition coefficient (Wildman–Crippen LogP) is 4.28. The van der Waals surface area contributed by atoms with Gasteiger partial charge in [-0.15, -0.1) is 11.8 Å². The quantitative estimate of drug-likeness (QED) is 0.699. The van der Waals surface area contributed by atoms with Crippen LogP contribution >= 0.6 is 11.8 Å². The van der Waals surface area contributed by atoms with E-state index in [9.17, 15) is 9.59 Å². The van der Waals surface area contributed by atoms with Crippen molar-refractivity contribution >= 4 is 40.2 Å². The molecule has 0 unspecified atom stereocenters. The Balaban J connectivity index is 1.52. The third-order valence-corrected chi connectivity index (χ3v) is 4.37. The normalized spacial score (nSPS) is 10.3. The second-order valence-corrected chi connectivity index (χ2v) is 6.21. The molecule has 3 aromatic carbocycles. The highest BCUT2D eigenvalue weighted by Crippen LogP contribution is 2.23. The van der Waals surface area contributed by atoms with Crippen LogP contribution in [-0.4, -0.2) is 17.7 Å². The molecule has 0 heterocycles. The molecule has 3 amide bonds. The Kier molecular flexibility index (Phi) is 5.13. The number of fused-ring (bicyclic) bond motifs is 1. The number of hydrogen-bond acceptors (Lipinski definition) is 3. The van der Waals surface area contributed by atoms with Gasteiger partial charge in [-0.1, -0.05) is 48.5 Å². The summed E-state index contributed by atoms with van der Waals surface area (Å²) in [5.74, 6) is -0.151. The van der Waals surface area contributed by atoms with Crippen molar-refractivity contribution in [1.29, 1.82) is 0 Å². The number of nitrogens with one attached hydrogen (secondary N) is 2. The van der Waals surface area contributed by atoms with Crippen LogP contribution in [0.2, 0.25) is 0 Å². The minimum absolute atomic E-state index is 0.181. The molecule has 4 nitrogen and oxygen atoms in total. The molecule has 0 aliphatic carbocycles. The summed E-state index contributed by atoms with van der Waals surface area (Å²) in [6, 6.07) is 22.6. The zero-order valence-electron chi connectivity index (χ0n) is 12.9. The fraction of sp³-hybridized carbons (Fsp3) is 0.0526. The Labute approximate surface area is 144 Å². The number of benzene rings is 3. The molecule has 0 bridgehead atoms. The van der Waals surface area contributed by atoms with E-state index in [1.807, 2.05) is 60.7 Å². The van der Waals surface area contributed by atoms with Crippen molar-refractivity contribution in [2.75, 3.05) is 11.1 Å². The van der Waals surface area contributed by atoms with Crippen LogP contribution < -0.4 is 10.6 Å². The molecule has 0 aromatic heterocycles. The lowest BCUT2D eigenvalue weighted by Gasteiger charge is -2.07. The molecule has 120 valence electrons. The van der Waals surface area contributed by atoms with Crippen molar-refractivity contribution < 1.29 is 9.59 Å². The van der Waals surface area contributed by atoms with Gasteiger partial charge in [-0.25, -0.2) is 4.79 Å². The fourth-order valence-corrected chi connectivity index (χ4v) is 3.00. The second-order valence-electron chi connectivity index (χ2n) is 5.17. The molecule has 0 fully saturated rings. The average Bonchev–Trinajstić information content (AvgIpc) is 2.60. The lowest BCUT2D eigenvalue weighted by Crippen LogP contribution is -2.35. The summed E-state index contributed by atoms with van der Waals surface area (Å²) in [6.45, 7) is 0. The highest BCUT2D eigenvalue weighted by Gasteiger charge is 2.08. The van der Waals surface area contributed by atoms with Gasteiger partial charge in [-0.05, 0) is 35.0 Å². The van der Waals surface area contributed by atoms with Crippen LogP contribution in [0.5, 0.6) is 0 Å². The average molecular weight is 336 g/mol. The molecule has 3 rings (SSSR count). The number of rotatable bonds is 4. The summed E-state index contributed by atoms with van der Waals surface area (Å²) >= 11 is 1.40. The number of amides is 3. The molecule has 0 spiro atoms. The Morgan fingerprint density at radius 1 is 0.833 bits per heavy atom. The van der Waals surface area contributed by atoms with Crippen LogP contribution in [0.25, 0.3) is 10.8 Å². The molecular weight excluding hydrogens is 320 g/mol. The standard InChI is InChI=1S/C19H16N2O2S/c22-18(21-19(23)20-16-8-2-1-3-9-16)13-24-17-11-10-14-6-4-5-7-15(14)12-17/h1-12H,13H2,(H2,20,21,22,23). The second kappa shape index (κ2) is 7.66. The fourth-order valence-electron chi connectivity index (χ4n) is 2.25. The Morgan fingerprint density at radius 3 is 2.33 bits per heavy atom. The number of anilines is 1. The maximum absolute atomic E-state index is 11.9. The first-order valence-electron chi connectivity index (χ1n) is 7.48. The van der Waals surface area contributed by atoms with Gasteiger partial charge in [0.15, 0.2) is 0 Å². The number of hydrogen-bond donors (Lipinski definition) is 2. The Morgan fingerprint density at radius 2 is 1.54 bits per heavy atom. The number of carbonyl (C=O) groups excluding carboxylic acids is 2. The predicted molar refractivity (Wildman–Crippen MR) is 98.3 cm³/mol. The van der Waals surface area contributed by atoms with E-state index < -0.39 is 6.03 Å². The van der Waals surface area contributed by atoms with Crippen molar-refractivity contribution in [3.63, 3.8) is 0 Å². The van der Waals surface area contributed by atoms with Gasteiger partial charge >= 0.3 is 6.03 Å². The highest BCUT2D eigenvalue weighted by atomic mass is 32.2. The summed E-state index contributed by atoms with van der Waals surface area (Å²) in [7, 11) is 0. The number of thioether (sulfide) groups is 1. The summed E-state index contributed by atoms with van der Waals surface area (Å²) in [6.07, 6.45) is 0. The molecule has 0 saturated heterocycles. The lowest BCUT2D eigenvalue weighted by atomic mass is 10.1. The van der Waals surface area contributed by atoms with E-state index in [-0.39, 0.29) is 11.7 Å². The maximum atomic E-state index is 11.9. The molecule has 2 N–H and O–H groups in total. The van der Waals surface area contributed by atoms with E-state index in [1.165, 1.54) is 11.8 Å². The third kappa shape index (κ3) is 4.36. The Hall–Kier alpha value is -2.79. The third-order valence-electron chi connectivity index (χ3n) is 3.38. The first-order valence-corrected chi connectivity index (χ1v) is 8.47. The van der Waals surface area contributed by atoms with Crippen LogP contribution in [0.4, 0.5) is 10.5 Å². The lowest BCUT2D eigenvalue weighted by molar-refractivity contribution is -0.117. The van der Waals surface area contributed by atoms with E-state index in [1.54, 1.807) is 12.1 Å². The van der Waals surface area contributed by atoms with Gasteiger partial charge in [0.05, 0.1) is 5.75 Å². The van der Waals surface area contributed by atoms with Gasteiger partial charge in [0.25, 0.3) is 0 Å². The van der Waals surface area contributed by atoms with Crippen molar-refractivity contribution in [1.82, 2.24) is 5.32 Å². The van der Waals surface area contributed by atoms with E-state index in [2.05, 4.69) is 10.6 Å². The van der Waals surface area contributed by atoms with Crippen LogP contribution in [-0.2, 0) is 4.79 Å². The molecule has 5 heteroatoms. The first-order chi connectivity index (χ1) is 11.7. The van der Waals surface area contributed by atoms with Crippen molar-refractivity contribution in [2.24, 2.45) is 0 Å². The van der Waals surface area contributed by atoms with E-state index >= 15 is 0 Å². The van der Waals surface area contributed by atoms with Gasteiger partial charge in [-0.3, -0.25) is 10.1 Å². The molecule has 3 aromatic rings. The summed E-state index contributed by atoms with van der Waals surface area (Å²) in [5.41, 5.74) is 0.644. The van der Waals surface area contributed by atoms with Crippen LogP contribution in [0.15, 0.2) is 77.7 Å². The zero-order chi connectivity index (χ0) is 16.8. The van der Waals surface area contributed by atoms with Gasteiger partial charge in [0.1, 0.15) is 0 Å². The minimum Gasteiger partial charge on any atom is -0.308 e. The molecule has 24 heavy (non-hydrogen) atoms. The summed E-state index contributed by atoms with van der Waals surface area (Å²) in [5, 5.41) is 7.23. The first kappa shape index (κ1) is 16.1. The SMILES string of the molecule is O=C(CSc1ccc2ccccc2c1)NC(=O)Nc1ccccc1. The van der Waals surface area contributed by atoms with Gasteiger partial charge in [0, 0.05) is 10.6 Å². The van der Waals surface area contributed by atoms with Crippen LogP contribution in [0.3, 0.4) is 0 Å². The number of urea groups is 1. The topological polar surface area (TPSA) is 58.2 Å². The van der Waals surface area contributed by atoms with Gasteiger partial charge in [0.2, 0.25) is 5.91 Å². The smallest absolute Gasteiger partial charge is 0.308 e. The van der Waals surface area contributed by atoms with Gasteiger partial charge in [-0.2, -0.15) is 0 Å². The van der Waals surface area contributed by atoms with E-state index in [0.29, 0.717) is 5.69 Å².